The van der Waals surface area contributed by atoms with Gasteiger partial charge in [0, 0.05) is 6.07 Å². The van der Waals surface area contributed by atoms with Crippen LogP contribution in [0.2, 0.25) is 0 Å². The van der Waals surface area contributed by atoms with Crippen LogP contribution in [-0.2, 0) is 16.1 Å². The standard InChI is InChI=1S/C11H12N2O3S/c1-15-7-3-4-8-9(5-7)13(11(17)12-8)6-10(14)16-2/h3-5H,6H2,1-2H3,(H,12,17). The van der Waals surface area contributed by atoms with Crippen molar-refractivity contribution in [3.05, 3.63) is 23.0 Å². The summed E-state index contributed by atoms with van der Waals surface area (Å²) in [5.74, 6) is 0.370. The maximum absolute atomic E-state index is 11.3. The summed E-state index contributed by atoms with van der Waals surface area (Å²) in [5.41, 5.74) is 1.68. The van der Waals surface area contributed by atoms with Gasteiger partial charge in [-0.25, -0.2) is 0 Å². The Balaban J connectivity index is 2.56. The monoisotopic (exact) mass is 252 g/mol. The number of H-pyrrole nitrogens is 1. The molecule has 17 heavy (non-hydrogen) atoms. The molecule has 0 aliphatic heterocycles. The highest BCUT2D eigenvalue weighted by Crippen LogP contribution is 2.20. The van der Waals surface area contributed by atoms with Gasteiger partial charge in [0.05, 0.1) is 25.3 Å². The van der Waals surface area contributed by atoms with Crippen LogP contribution in [0.4, 0.5) is 0 Å². The highest BCUT2D eigenvalue weighted by Gasteiger charge is 2.09. The second-order valence-electron chi connectivity index (χ2n) is 3.48. The molecule has 5 nitrogen and oxygen atoms in total. The third kappa shape index (κ3) is 2.16. The van der Waals surface area contributed by atoms with Crippen LogP contribution in [-0.4, -0.2) is 29.7 Å². The number of imidazole rings is 1. The van der Waals surface area contributed by atoms with Crippen molar-refractivity contribution >= 4 is 29.2 Å². The first-order chi connectivity index (χ1) is 8.15. The number of benzene rings is 1. The largest absolute Gasteiger partial charge is 0.497 e. The summed E-state index contributed by atoms with van der Waals surface area (Å²) in [6.45, 7) is 0.0858. The molecule has 0 amide bonds. The molecule has 0 unspecified atom stereocenters. The van der Waals surface area contributed by atoms with Crippen molar-refractivity contribution in [3.8, 4) is 5.75 Å². The quantitative estimate of drug-likeness (QED) is 0.669. The Bertz CT molecular complexity index is 615. The summed E-state index contributed by atoms with van der Waals surface area (Å²) in [7, 11) is 2.94. The molecule has 1 heterocycles. The average molecular weight is 252 g/mol. The van der Waals surface area contributed by atoms with Crippen LogP contribution in [0.25, 0.3) is 11.0 Å². The van der Waals surface area contributed by atoms with Crippen molar-refractivity contribution < 1.29 is 14.3 Å². The predicted molar refractivity (Wildman–Crippen MR) is 65.7 cm³/mol. The summed E-state index contributed by atoms with van der Waals surface area (Å²) >= 11 is 5.16. The van der Waals surface area contributed by atoms with Gasteiger partial charge in [-0.1, -0.05) is 0 Å². The smallest absolute Gasteiger partial charge is 0.325 e. The van der Waals surface area contributed by atoms with Gasteiger partial charge < -0.3 is 19.0 Å². The zero-order valence-electron chi connectivity index (χ0n) is 9.52. The minimum absolute atomic E-state index is 0.0858. The zero-order valence-corrected chi connectivity index (χ0v) is 10.3. The molecule has 90 valence electrons. The summed E-state index contributed by atoms with van der Waals surface area (Å²) < 4.78 is 11.9. The van der Waals surface area contributed by atoms with Crippen LogP contribution in [0.3, 0.4) is 0 Å². The Morgan fingerprint density at radius 3 is 2.88 bits per heavy atom. The molecular weight excluding hydrogens is 240 g/mol. The maximum Gasteiger partial charge on any atom is 0.325 e. The van der Waals surface area contributed by atoms with Crippen LogP contribution >= 0.6 is 12.2 Å². The topological polar surface area (TPSA) is 56.2 Å². The number of nitrogens with one attached hydrogen (secondary N) is 1. The number of aromatic nitrogens is 2. The van der Waals surface area contributed by atoms with Crippen LogP contribution in [0.5, 0.6) is 5.75 Å². The zero-order chi connectivity index (χ0) is 12.4. The van der Waals surface area contributed by atoms with Crippen molar-refractivity contribution in [3.63, 3.8) is 0 Å². The molecule has 2 rings (SSSR count). The van der Waals surface area contributed by atoms with E-state index < -0.39 is 0 Å². The van der Waals surface area contributed by atoms with Gasteiger partial charge in [0.1, 0.15) is 12.3 Å². The predicted octanol–water partition coefficient (Wildman–Crippen LogP) is 1.88. The molecule has 0 saturated carbocycles. The third-order valence-corrected chi connectivity index (χ3v) is 2.82. The van der Waals surface area contributed by atoms with Gasteiger partial charge in [-0.3, -0.25) is 4.79 Å². The fraction of sp³-hybridized carbons (Fsp3) is 0.273. The summed E-state index contributed by atoms with van der Waals surface area (Å²) in [4.78, 5) is 14.3. The molecule has 0 aliphatic carbocycles. The van der Waals surface area contributed by atoms with E-state index in [1.54, 1.807) is 11.7 Å². The number of fused-ring (bicyclic) bond motifs is 1. The Labute approximate surface area is 103 Å². The van der Waals surface area contributed by atoms with E-state index in [9.17, 15) is 4.79 Å². The lowest BCUT2D eigenvalue weighted by Crippen LogP contribution is -2.11. The fourth-order valence-electron chi connectivity index (χ4n) is 1.61. The van der Waals surface area contributed by atoms with E-state index >= 15 is 0 Å². The van der Waals surface area contributed by atoms with Crippen molar-refractivity contribution in [2.24, 2.45) is 0 Å². The lowest BCUT2D eigenvalue weighted by atomic mass is 10.3. The first-order valence-electron chi connectivity index (χ1n) is 4.99. The van der Waals surface area contributed by atoms with Crippen LogP contribution in [0, 0.1) is 4.77 Å². The van der Waals surface area contributed by atoms with Crippen molar-refractivity contribution in [1.29, 1.82) is 0 Å². The number of hydrogen-bond acceptors (Lipinski definition) is 4. The van der Waals surface area contributed by atoms with E-state index in [1.807, 2.05) is 18.2 Å². The van der Waals surface area contributed by atoms with Crippen LogP contribution in [0.1, 0.15) is 0 Å². The van der Waals surface area contributed by atoms with E-state index in [0.717, 1.165) is 11.0 Å². The molecule has 2 aromatic rings. The highest BCUT2D eigenvalue weighted by molar-refractivity contribution is 7.71. The number of nitrogens with zero attached hydrogens (tertiary/aromatic N) is 1. The first kappa shape index (κ1) is 11.7. The average Bonchev–Trinajstić information content (AvgIpc) is 2.65. The number of methoxy groups -OCH3 is 2. The number of esters is 1. The summed E-state index contributed by atoms with van der Waals surface area (Å²) in [6, 6.07) is 5.51. The number of carbonyl (C=O) groups is 1. The number of aromatic amines is 1. The van der Waals surface area contributed by atoms with Gasteiger partial charge in [-0.05, 0) is 24.4 Å². The van der Waals surface area contributed by atoms with Gasteiger partial charge in [-0.2, -0.15) is 0 Å². The van der Waals surface area contributed by atoms with Gasteiger partial charge in [0.25, 0.3) is 0 Å². The Morgan fingerprint density at radius 2 is 2.24 bits per heavy atom. The molecule has 0 radical (unpaired) electrons. The fourth-order valence-corrected chi connectivity index (χ4v) is 1.88. The van der Waals surface area contributed by atoms with Crippen molar-refractivity contribution in [2.75, 3.05) is 14.2 Å². The summed E-state index contributed by atoms with van der Waals surface area (Å²) in [6.07, 6.45) is 0. The molecule has 6 heteroatoms. The van der Waals surface area contributed by atoms with Crippen LogP contribution < -0.4 is 4.74 Å². The highest BCUT2D eigenvalue weighted by atomic mass is 32.1. The van der Waals surface area contributed by atoms with E-state index in [1.165, 1.54) is 7.11 Å². The lowest BCUT2D eigenvalue weighted by Gasteiger charge is -2.04. The Morgan fingerprint density at radius 1 is 1.47 bits per heavy atom. The minimum atomic E-state index is -0.343. The van der Waals surface area contributed by atoms with E-state index in [0.29, 0.717) is 10.5 Å². The van der Waals surface area contributed by atoms with Crippen LogP contribution in [0.15, 0.2) is 18.2 Å². The minimum Gasteiger partial charge on any atom is -0.497 e. The molecule has 1 aromatic carbocycles. The third-order valence-electron chi connectivity index (χ3n) is 2.50. The first-order valence-corrected chi connectivity index (χ1v) is 5.40. The van der Waals surface area contributed by atoms with Crippen molar-refractivity contribution in [2.45, 2.75) is 6.54 Å². The molecule has 0 saturated heterocycles. The molecule has 1 N–H and O–H groups in total. The Hall–Kier alpha value is -1.82. The normalized spacial score (nSPS) is 10.5. The SMILES string of the molecule is COC(=O)Cn1c(=S)[nH]c2ccc(OC)cc21. The Kier molecular flexibility index (Phi) is 3.14. The second kappa shape index (κ2) is 4.58. The number of rotatable bonds is 3. The van der Waals surface area contributed by atoms with E-state index in [-0.39, 0.29) is 12.5 Å². The van der Waals surface area contributed by atoms with Gasteiger partial charge in [0.2, 0.25) is 0 Å². The molecule has 1 aromatic heterocycles. The molecular formula is C11H12N2O3S. The molecule has 0 bridgehead atoms. The van der Waals surface area contributed by atoms with Gasteiger partial charge >= 0.3 is 5.97 Å². The molecule has 0 atom stereocenters. The summed E-state index contributed by atoms with van der Waals surface area (Å²) in [5, 5.41) is 0. The van der Waals surface area contributed by atoms with E-state index in [2.05, 4.69) is 9.72 Å². The van der Waals surface area contributed by atoms with Gasteiger partial charge in [0.15, 0.2) is 4.77 Å². The number of carbonyl (C=O) groups excluding carboxylic acids is 1. The maximum atomic E-state index is 11.3. The molecule has 0 aliphatic rings. The lowest BCUT2D eigenvalue weighted by molar-refractivity contribution is -0.141. The number of hydrogen-bond donors (Lipinski definition) is 1. The number of ether oxygens (including phenoxy) is 2. The van der Waals surface area contributed by atoms with Crippen molar-refractivity contribution in [1.82, 2.24) is 9.55 Å². The van der Waals surface area contributed by atoms with E-state index in [4.69, 9.17) is 17.0 Å². The molecule has 0 spiro atoms. The molecule has 0 fully saturated rings. The van der Waals surface area contributed by atoms with Gasteiger partial charge in [-0.15, -0.1) is 0 Å². The second-order valence-corrected chi connectivity index (χ2v) is 3.86.